The van der Waals surface area contributed by atoms with Gasteiger partial charge in [-0.15, -0.1) is 0 Å². The number of nitrogens with one attached hydrogen (secondary N) is 1. The van der Waals surface area contributed by atoms with E-state index in [1.54, 1.807) is 0 Å². The van der Waals surface area contributed by atoms with Crippen molar-refractivity contribution in [3.63, 3.8) is 0 Å². The standard InChI is InChI=1S/C18H27N3O/c1-2-20-11-7-8-15(14-20)19-18(22)16-9-3-4-10-17(16)21-12-5-6-13-21/h3-4,9-10,15H,2,5-8,11-14H2,1H3,(H,19,22). The van der Waals surface area contributed by atoms with Crippen LogP contribution < -0.4 is 10.2 Å². The molecule has 0 spiro atoms. The molecule has 22 heavy (non-hydrogen) atoms. The van der Waals surface area contributed by atoms with Crippen molar-refractivity contribution in [3.05, 3.63) is 29.8 Å². The number of likely N-dealkylation sites (N-methyl/N-ethyl adjacent to an activating group) is 1. The maximum absolute atomic E-state index is 12.7. The SMILES string of the molecule is CCN1CCCC(NC(=O)c2ccccc2N2CCCC2)C1. The fourth-order valence-electron chi connectivity index (χ4n) is 3.62. The van der Waals surface area contributed by atoms with Crippen LogP contribution in [0.15, 0.2) is 24.3 Å². The Morgan fingerprint density at radius 1 is 1.18 bits per heavy atom. The molecule has 1 unspecified atom stereocenters. The lowest BCUT2D eigenvalue weighted by Crippen LogP contribution is -2.47. The molecule has 1 atom stereocenters. The summed E-state index contributed by atoms with van der Waals surface area (Å²) in [6.07, 6.45) is 4.72. The quantitative estimate of drug-likeness (QED) is 0.928. The molecule has 120 valence electrons. The summed E-state index contributed by atoms with van der Waals surface area (Å²) in [5.74, 6) is 0.0884. The number of carbonyl (C=O) groups excluding carboxylic acids is 1. The van der Waals surface area contributed by atoms with Gasteiger partial charge in [-0.3, -0.25) is 4.79 Å². The molecule has 2 heterocycles. The number of benzene rings is 1. The highest BCUT2D eigenvalue weighted by molar-refractivity contribution is 6.00. The van der Waals surface area contributed by atoms with Gasteiger partial charge in [0.2, 0.25) is 0 Å². The Kier molecular flexibility index (Phi) is 4.98. The predicted octanol–water partition coefficient (Wildman–Crippen LogP) is 2.50. The molecule has 4 nitrogen and oxygen atoms in total. The smallest absolute Gasteiger partial charge is 0.253 e. The topological polar surface area (TPSA) is 35.6 Å². The molecule has 0 radical (unpaired) electrons. The molecule has 4 heteroatoms. The number of nitrogens with zero attached hydrogens (tertiary/aromatic N) is 2. The number of likely N-dealkylation sites (tertiary alicyclic amines) is 1. The Hall–Kier alpha value is -1.55. The number of rotatable bonds is 4. The van der Waals surface area contributed by atoms with Gasteiger partial charge in [-0.25, -0.2) is 0 Å². The van der Waals surface area contributed by atoms with Crippen molar-refractivity contribution >= 4 is 11.6 Å². The van der Waals surface area contributed by atoms with E-state index in [2.05, 4.69) is 28.1 Å². The van der Waals surface area contributed by atoms with Crippen LogP contribution in [0.5, 0.6) is 0 Å². The van der Waals surface area contributed by atoms with Crippen molar-refractivity contribution < 1.29 is 4.79 Å². The van der Waals surface area contributed by atoms with Crippen LogP contribution in [-0.2, 0) is 0 Å². The lowest BCUT2D eigenvalue weighted by molar-refractivity contribution is 0.0906. The first-order valence-electron chi connectivity index (χ1n) is 8.65. The summed E-state index contributed by atoms with van der Waals surface area (Å²) < 4.78 is 0. The zero-order chi connectivity index (χ0) is 15.4. The van der Waals surface area contributed by atoms with Gasteiger partial charge in [-0.2, -0.15) is 0 Å². The zero-order valence-corrected chi connectivity index (χ0v) is 13.6. The van der Waals surface area contributed by atoms with Gasteiger partial charge in [0.15, 0.2) is 0 Å². The first-order chi connectivity index (χ1) is 10.8. The van der Waals surface area contributed by atoms with Crippen molar-refractivity contribution in [1.29, 1.82) is 0 Å². The maximum atomic E-state index is 12.7. The molecular weight excluding hydrogens is 274 g/mol. The average molecular weight is 301 g/mol. The van der Waals surface area contributed by atoms with Crippen LogP contribution in [0.1, 0.15) is 43.0 Å². The lowest BCUT2D eigenvalue weighted by Gasteiger charge is -2.32. The molecule has 1 N–H and O–H groups in total. The van der Waals surface area contributed by atoms with Crippen LogP contribution >= 0.6 is 0 Å². The normalized spacial score (nSPS) is 22.8. The lowest BCUT2D eigenvalue weighted by atomic mass is 10.0. The van der Waals surface area contributed by atoms with Gasteiger partial charge in [-0.05, 0) is 50.9 Å². The van der Waals surface area contributed by atoms with Gasteiger partial charge in [0, 0.05) is 31.4 Å². The molecule has 0 aliphatic carbocycles. The Morgan fingerprint density at radius 2 is 1.95 bits per heavy atom. The summed E-state index contributed by atoms with van der Waals surface area (Å²) in [7, 11) is 0. The van der Waals surface area contributed by atoms with Crippen LogP contribution in [-0.4, -0.2) is 49.6 Å². The summed E-state index contributed by atoms with van der Waals surface area (Å²) in [5.41, 5.74) is 1.93. The summed E-state index contributed by atoms with van der Waals surface area (Å²) in [6, 6.07) is 8.33. The molecule has 0 aromatic heterocycles. The number of carbonyl (C=O) groups is 1. The minimum atomic E-state index is 0.0884. The maximum Gasteiger partial charge on any atom is 0.253 e. The molecule has 1 aromatic carbocycles. The minimum Gasteiger partial charge on any atom is -0.371 e. The number of hydrogen-bond donors (Lipinski definition) is 1. The zero-order valence-electron chi connectivity index (χ0n) is 13.6. The van der Waals surface area contributed by atoms with E-state index in [1.165, 1.54) is 19.3 Å². The van der Waals surface area contributed by atoms with E-state index in [4.69, 9.17) is 0 Å². The van der Waals surface area contributed by atoms with Gasteiger partial charge < -0.3 is 15.1 Å². The van der Waals surface area contributed by atoms with E-state index in [0.717, 1.165) is 50.4 Å². The summed E-state index contributed by atoms with van der Waals surface area (Å²) in [4.78, 5) is 17.5. The summed E-state index contributed by atoms with van der Waals surface area (Å²) in [6.45, 7) is 7.53. The van der Waals surface area contributed by atoms with E-state index in [9.17, 15) is 4.79 Å². The van der Waals surface area contributed by atoms with Gasteiger partial charge in [0.05, 0.1) is 5.56 Å². The molecule has 3 rings (SSSR count). The van der Waals surface area contributed by atoms with Crippen LogP contribution in [0.2, 0.25) is 0 Å². The van der Waals surface area contributed by atoms with E-state index in [0.29, 0.717) is 0 Å². The van der Waals surface area contributed by atoms with Gasteiger partial charge in [-0.1, -0.05) is 19.1 Å². The molecule has 1 aromatic rings. The Balaban J connectivity index is 1.69. The van der Waals surface area contributed by atoms with Gasteiger partial charge in [0.25, 0.3) is 5.91 Å². The monoisotopic (exact) mass is 301 g/mol. The van der Waals surface area contributed by atoms with Crippen molar-refractivity contribution in [2.45, 2.75) is 38.6 Å². The van der Waals surface area contributed by atoms with E-state index < -0.39 is 0 Å². The van der Waals surface area contributed by atoms with E-state index in [-0.39, 0.29) is 11.9 Å². The van der Waals surface area contributed by atoms with Crippen molar-refractivity contribution in [2.24, 2.45) is 0 Å². The first kappa shape index (κ1) is 15.3. The highest BCUT2D eigenvalue weighted by Gasteiger charge is 2.23. The summed E-state index contributed by atoms with van der Waals surface area (Å²) >= 11 is 0. The Labute approximate surface area is 133 Å². The van der Waals surface area contributed by atoms with Gasteiger partial charge in [0.1, 0.15) is 0 Å². The van der Waals surface area contributed by atoms with Crippen LogP contribution in [0.3, 0.4) is 0 Å². The summed E-state index contributed by atoms with van der Waals surface area (Å²) in [5, 5.41) is 3.26. The highest BCUT2D eigenvalue weighted by atomic mass is 16.1. The second-order valence-electron chi connectivity index (χ2n) is 6.42. The molecular formula is C18H27N3O. The second kappa shape index (κ2) is 7.14. The number of hydrogen-bond acceptors (Lipinski definition) is 3. The van der Waals surface area contributed by atoms with E-state index >= 15 is 0 Å². The van der Waals surface area contributed by atoms with Crippen molar-refractivity contribution in [3.8, 4) is 0 Å². The van der Waals surface area contributed by atoms with Crippen molar-refractivity contribution in [2.75, 3.05) is 37.6 Å². The molecule has 2 saturated heterocycles. The number of anilines is 1. The van der Waals surface area contributed by atoms with Crippen LogP contribution in [0, 0.1) is 0 Å². The molecule has 0 saturated carbocycles. The Morgan fingerprint density at radius 3 is 2.73 bits per heavy atom. The number of piperidine rings is 1. The molecule has 1 amide bonds. The minimum absolute atomic E-state index is 0.0884. The molecule has 0 bridgehead atoms. The third-order valence-electron chi connectivity index (χ3n) is 4.88. The average Bonchev–Trinajstić information content (AvgIpc) is 3.09. The fourth-order valence-corrected chi connectivity index (χ4v) is 3.62. The second-order valence-corrected chi connectivity index (χ2v) is 6.42. The fraction of sp³-hybridized carbons (Fsp3) is 0.611. The van der Waals surface area contributed by atoms with Crippen LogP contribution in [0.4, 0.5) is 5.69 Å². The molecule has 2 fully saturated rings. The Bertz CT molecular complexity index is 511. The predicted molar refractivity (Wildman–Crippen MR) is 90.5 cm³/mol. The molecule has 2 aliphatic rings. The number of para-hydroxylation sites is 1. The first-order valence-corrected chi connectivity index (χ1v) is 8.65. The third kappa shape index (κ3) is 3.43. The number of amides is 1. The molecule has 2 aliphatic heterocycles. The highest BCUT2D eigenvalue weighted by Crippen LogP contribution is 2.24. The largest absolute Gasteiger partial charge is 0.371 e. The van der Waals surface area contributed by atoms with Crippen molar-refractivity contribution in [1.82, 2.24) is 10.2 Å². The van der Waals surface area contributed by atoms with Crippen LogP contribution in [0.25, 0.3) is 0 Å². The van der Waals surface area contributed by atoms with E-state index in [1.807, 2.05) is 18.2 Å². The third-order valence-corrected chi connectivity index (χ3v) is 4.88. The van der Waals surface area contributed by atoms with Gasteiger partial charge >= 0.3 is 0 Å².